The van der Waals surface area contributed by atoms with E-state index in [1.165, 1.54) is 15.6 Å². The summed E-state index contributed by atoms with van der Waals surface area (Å²) in [6.45, 7) is 9.79. The van der Waals surface area contributed by atoms with Crippen molar-refractivity contribution in [2.24, 2.45) is 0 Å². The Hall–Kier alpha value is -0.420. The zero-order valence-electron chi connectivity index (χ0n) is 13.1. The average Bonchev–Trinajstić information content (AvgIpc) is 3.02. The molecule has 0 spiro atoms. The van der Waals surface area contributed by atoms with Crippen LogP contribution in [-0.4, -0.2) is 11.5 Å². The smallest absolute Gasteiger partial charge is 0.0947 e. The second kappa shape index (κ2) is 7.23. The van der Waals surface area contributed by atoms with Crippen molar-refractivity contribution in [1.29, 1.82) is 0 Å². The largest absolute Gasteiger partial charge is 0.309 e. The summed E-state index contributed by atoms with van der Waals surface area (Å²) in [5, 5.41) is 9.88. The topological polar surface area (TPSA) is 24.9 Å². The minimum Gasteiger partial charge on any atom is -0.309 e. The molecule has 21 heavy (non-hydrogen) atoms. The van der Waals surface area contributed by atoms with Crippen LogP contribution in [-0.2, 0) is 11.8 Å². The fraction of sp³-hybridized carbons (Fsp3) is 0.562. The zero-order chi connectivity index (χ0) is 15.5. The van der Waals surface area contributed by atoms with E-state index in [1.807, 2.05) is 6.07 Å². The van der Waals surface area contributed by atoms with Crippen molar-refractivity contribution in [2.75, 3.05) is 6.54 Å². The molecule has 2 aromatic heterocycles. The Labute approximate surface area is 140 Å². The predicted molar refractivity (Wildman–Crippen MR) is 94.9 cm³/mol. The van der Waals surface area contributed by atoms with Gasteiger partial charge in [0.25, 0.3) is 0 Å². The van der Waals surface area contributed by atoms with E-state index in [1.54, 1.807) is 22.7 Å². The Morgan fingerprint density at radius 2 is 2.10 bits per heavy atom. The molecule has 0 aliphatic carbocycles. The second-order valence-corrected chi connectivity index (χ2v) is 8.52. The Bertz CT molecular complexity index is 569. The van der Waals surface area contributed by atoms with Gasteiger partial charge in [0, 0.05) is 28.1 Å². The van der Waals surface area contributed by atoms with Crippen molar-refractivity contribution in [3.8, 4) is 0 Å². The standard InChI is InChI=1S/C16H23ClN2S2/c1-5-7-18-12(15-11(17)6-8-20-15)9-14-19-13(10-21-14)16(2,3)4/h6,8,10,12,18H,5,7,9H2,1-4H3. The Balaban J connectivity index is 2.15. The van der Waals surface area contributed by atoms with E-state index < -0.39 is 0 Å². The molecule has 0 saturated heterocycles. The number of halogens is 1. The molecule has 116 valence electrons. The van der Waals surface area contributed by atoms with Crippen molar-refractivity contribution >= 4 is 34.3 Å². The lowest BCUT2D eigenvalue weighted by atomic mass is 9.93. The molecule has 0 aromatic carbocycles. The van der Waals surface area contributed by atoms with Crippen LogP contribution in [0.5, 0.6) is 0 Å². The maximum atomic E-state index is 6.31. The molecule has 2 rings (SSSR count). The molecular weight excluding hydrogens is 320 g/mol. The quantitative estimate of drug-likeness (QED) is 0.756. The number of thiazole rings is 1. The Kier molecular flexibility index (Phi) is 5.83. The van der Waals surface area contributed by atoms with Crippen LogP contribution < -0.4 is 5.32 Å². The van der Waals surface area contributed by atoms with Gasteiger partial charge in [0.15, 0.2) is 0 Å². The van der Waals surface area contributed by atoms with Crippen LogP contribution in [0, 0.1) is 0 Å². The highest BCUT2D eigenvalue weighted by molar-refractivity contribution is 7.11. The van der Waals surface area contributed by atoms with E-state index in [4.69, 9.17) is 16.6 Å². The summed E-state index contributed by atoms with van der Waals surface area (Å²) in [6.07, 6.45) is 2.02. The molecule has 1 N–H and O–H groups in total. The fourth-order valence-electron chi connectivity index (χ4n) is 2.05. The third-order valence-electron chi connectivity index (χ3n) is 3.30. The van der Waals surface area contributed by atoms with E-state index >= 15 is 0 Å². The van der Waals surface area contributed by atoms with Crippen molar-refractivity contribution in [2.45, 2.75) is 52.0 Å². The van der Waals surface area contributed by atoms with Crippen LogP contribution in [0.1, 0.15) is 55.7 Å². The molecule has 0 bridgehead atoms. The molecule has 0 aliphatic heterocycles. The number of nitrogens with one attached hydrogen (secondary N) is 1. The van der Waals surface area contributed by atoms with Crippen molar-refractivity contribution in [3.63, 3.8) is 0 Å². The lowest BCUT2D eigenvalue weighted by Crippen LogP contribution is -2.23. The number of nitrogens with zero attached hydrogens (tertiary/aromatic N) is 1. The first-order valence-corrected chi connectivity index (χ1v) is 9.46. The lowest BCUT2D eigenvalue weighted by molar-refractivity contribution is 0.530. The number of rotatable bonds is 6. The van der Waals surface area contributed by atoms with Crippen LogP contribution in [0.15, 0.2) is 16.8 Å². The van der Waals surface area contributed by atoms with Gasteiger partial charge in [0.2, 0.25) is 0 Å². The minimum absolute atomic E-state index is 0.113. The number of hydrogen-bond donors (Lipinski definition) is 1. The van der Waals surface area contributed by atoms with Gasteiger partial charge < -0.3 is 5.32 Å². The van der Waals surface area contributed by atoms with E-state index in [-0.39, 0.29) is 11.5 Å². The third kappa shape index (κ3) is 4.52. The second-order valence-electron chi connectivity index (χ2n) is 6.22. The molecule has 2 nitrogen and oxygen atoms in total. The lowest BCUT2D eigenvalue weighted by Gasteiger charge is -2.17. The summed E-state index contributed by atoms with van der Waals surface area (Å²) in [7, 11) is 0. The monoisotopic (exact) mass is 342 g/mol. The maximum Gasteiger partial charge on any atom is 0.0947 e. The van der Waals surface area contributed by atoms with Gasteiger partial charge in [-0.05, 0) is 24.4 Å². The minimum atomic E-state index is 0.113. The van der Waals surface area contributed by atoms with E-state index in [9.17, 15) is 0 Å². The SMILES string of the molecule is CCCNC(Cc1nc(C(C)(C)C)cs1)c1sccc1Cl. The van der Waals surface area contributed by atoms with Crippen LogP contribution in [0.4, 0.5) is 0 Å². The van der Waals surface area contributed by atoms with Crippen LogP contribution in [0.2, 0.25) is 5.02 Å². The molecule has 0 radical (unpaired) electrons. The van der Waals surface area contributed by atoms with Crippen molar-refractivity contribution < 1.29 is 0 Å². The normalized spacial score (nSPS) is 13.6. The first-order chi connectivity index (χ1) is 9.91. The third-order valence-corrected chi connectivity index (χ3v) is 5.64. The molecule has 2 heterocycles. The number of hydrogen-bond acceptors (Lipinski definition) is 4. The number of aromatic nitrogens is 1. The van der Waals surface area contributed by atoms with Gasteiger partial charge in [-0.1, -0.05) is 39.3 Å². The summed E-state index contributed by atoms with van der Waals surface area (Å²) in [6, 6.07) is 2.24. The molecule has 1 atom stereocenters. The highest BCUT2D eigenvalue weighted by Gasteiger charge is 2.21. The van der Waals surface area contributed by atoms with Gasteiger partial charge in [-0.2, -0.15) is 0 Å². The molecular formula is C16H23ClN2S2. The summed E-state index contributed by atoms with van der Waals surface area (Å²) in [5.41, 5.74) is 1.29. The summed E-state index contributed by atoms with van der Waals surface area (Å²) >= 11 is 9.78. The summed E-state index contributed by atoms with van der Waals surface area (Å²) in [5.74, 6) is 0. The Morgan fingerprint density at radius 3 is 2.62 bits per heavy atom. The first kappa shape index (κ1) is 16.9. The molecule has 1 unspecified atom stereocenters. The summed E-state index contributed by atoms with van der Waals surface area (Å²) in [4.78, 5) is 6.03. The fourth-order valence-corrected chi connectivity index (χ4v) is 4.39. The van der Waals surface area contributed by atoms with E-state index in [0.29, 0.717) is 0 Å². The van der Waals surface area contributed by atoms with Crippen molar-refractivity contribution in [3.05, 3.63) is 37.4 Å². The van der Waals surface area contributed by atoms with Crippen molar-refractivity contribution in [1.82, 2.24) is 10.3 Å². The molecule has 0 aliphatic rings. The Morgan fingerprint density at radius 1 is 1.33 bits per heavy atom. The average molecular weight is 343 g/mol. The van der Waals surface area contributed by atoms with E-state index in [0.717, 1.165) is 24.4 Å². The highest BCUT2D eigenvalue weighted by atomic mass is 35.5. The van der Waals surface area contributed by atoms with Crippen LogP contribution in [0.25, 0.3) is 0 Å². The summed E-state index contributed by atoms with van der Waals surface area (Å²) < 4.78 is 0. The van der Waals surface area contributed by atoms with Gasteiger partial charge in [-0.3, -0.25) is 0 Å². The first-order valence-electron chi connectivity index (χ1n) is 7.33. The van der Waals surface area contributed by atoms with E-state index in [2.05, 4.69) is 43.8 Å². The van der Waals surface area contributed by atoms with Crippen LogP contribution >= 0.6 is 34.3 Å². The molecule has 5 heteroatoms. The van der Waals surface area contributed by atoms with Gasteiger partial charge >= 0.3 is 0 Å². The number of thiophene rings is 1. The molecule has 0 saturated carbocycles. The van der Waals surface area contributed by atoms with Crippen LogP contribution in [0.3, 0.4) is 0 Å². The predicted octanol–water partition coefficient (Wildman–Crippen LogP) is 5.44. The molecule has 0 fully saturated rings. The van der Waals surface area contributed by atoms with Gasteiger partial charge in [0.1, 0.15) is 0 Å². The highest BCUT2D eigenvalue weighted by Crippen LogP contribution is 2.32. The van der Waals surface area contributed by atoms with Gasteiger partial charge in [-0.15, -0.1) is 22.7 Å². The maximum absolute atomic E-state index is 6.31. The molecule has 0 amide bonds. The van der Waals surface area contributed by atoms with Gasteiger partial charge in [0.05, 0.1) is 15.7 Å². The zero-order valence-corrected chi connectivity index (χ0v) is 15.5. The molecule has 2 aromatic rings. The van der Waals surface area contributed by atoms with Gasteiger partial charge in [-0.25, -0.2) is 4.98 Å².